The predicted molar refractivity (Wildman–Crippen MR) is 125 cm³/mol. The van der Waals surface area contributed by atoms with Gasteiger partial charge in [0.1, 0.15) is 0 Å². The van der Waals surface area contributed by atoms with Crippen molar-refractivity contribution in [2.75, 3.05) is 57.3 Å². The molecule has 0 atom stereocenters. The molecule has 4 rings (SSSR count). The Morgan fingerprint density at radius 2 is 1.63 bits per heavy atom. The largest absolute Gasteiger partial charge is 0.355 e. The average molecular weight is 425 g/mol. The highest BCUT2D eigenvalue weighted by Crippen LogP contribution is 2.48. The molecule has 0 radical (unpaired) electrons. The van der Waals surface area contributed by atoms with Crippen LogP contribution in [0.15, 0.2) is 52.3 Å². The van der Waals surface area contributed by atoms with Crippen LogP contribution in [-0.2, 0) is 4.79 Å². The number of piperazine rings is 1. The van der Waals surface area contributed by atoms with E-state index in [-0.39, 0.29) is 5.91 Å². The van der Waals surface area contributed by atoms with Crippen molar-refractivity contribution in [3.63, 3.8) is 0 Å². The molecule has 2 heterocycles. The van der Waals surface area contributed by atoms with Crippen molar-refractivity contribution in [3.8, 4) is 0 Å². The van der Waals surface area contributed by atoms with Crippen LogP contribution in [-0.4, -0.2) is 68.1 Å². The molecule has 2 aromatic rings. The van der Waals surface area contributed by atoms with E-state index in [0.29, 0.717) is 0 Å². The topological polar surface area (TPSA) is 38.8 Å². The van der Waals surface area contributed by atoms with Gasteiger partial charge in [0.25, 0.3) is 0 Å². The SMILES string of the molecule is CC(=O)NCCN1CCN(CCCN2c3ccccc3Sc3ccc(C)cc32)CC1. The number of carbonyl (C=O) groups excluding carboxylic acids is 1. The van der Waals surface area contributed by atoms with Crippen molar-refractivity contribution in [2.24, 2.45) is 0 Å². The summed E-state index contributed by atoms with van der Waals surface area (Å²) in [5.41, 5.74) is 4.00. The summed E-state index contributed by atoms with van der Waals surface area (Å²) in [5, 5.41) is 2.89. The Morgan fingerprint density at radius 3 is 2.40 bits per heavy atom. The molecule has 2 aromatic carbocycles. The van der Waals surface area contributed by atoms with Gasteiger partial charge < -0.3 is 15.1 Å². The predicted octanol–water partition coefficient (Wildman–Crippen LogP) is 3.74. The summed E-state index contributed by atoms with van der Waals surface area (Å²) in [6.07, 6.45) is 1.15. The number of rotatable bonds is 7. The van der Waals surface area contributed by atoms with Gasteiger partial charge in [0.2, 0.25) is 5.91 Å². The Hall–Kier alpha value is -2.02. The van der Waals surface area contributed by atoms with Gasteiger partial charge in [0.05, 0.1) is 11.4 Å². The Bertz CT molecular complexity index is 879. The van der Waals surface area contributed by atoms with Gasteiger partial charge in [-0.25, -0.2) is 0 Å². The minimum atomic E-state index is 0.0584. The molecule has 5 nitrogen and oxygen atoms in total. The molecule has 160 valence electrons. The van der Waals surface area contributed by atoms with Gasteiger partial charge in [-0.15, -0.1) is 0 Å². The first-order chi connectivity index (χ1) is 14.6. The maximum atomic E-state index is 11.0. The van der Waals surface area contributed by atoms with E-state index in [9.17, 15) is 4.79 Å². The third-order valence-electron chi connectivity index (χ3n) is 5.90. The first-order valence-corrected chi connectivity index (χ1v) is 11.8. The van der Waals surface area contributed by atoms with Crippen molar-refractivity contribution in [2.45, 2.75) is 30.1 Å². The summed E-state index contributed by atoms with van der Waals surface area (Å²) >= 11 is 1.88. The Balaban J connectivity index is 1.31. The van der Waals surface area contributed by atoms with Gasteiger partial charge in [0.15, 0.2) is 0 Å². The van der Waals surface area contributed by atoms with Crippen molar-refractivity contribution in [1.29, 1.82) is 0 Å². The van der Waals surface area contributed by atoms with Gasteiger partial charge >= 0.3 is 0 Å². The molecule has 1 saturated heterocycles. The highest BCUT2D eigenvalue weighted by atomic mass is 32.2. The van der Waals surface area contributed by atoms with Crippen LogP contribution >= 0.6 is 11.8 Å². The molecule has 0 bridgehead atoms. The van der Waals surface area contributed by atoms with Gasteiger partial charge in [-0.2, -0.15) is 0 Å². The molecular formula is C24H32N4OS. The molecule has 6 heteroatoms. The van der Waals surface area contributed by atoms with Crippen molar-refractivity contribution >= 4 is 29.0 Å². The monoisotopic (exact) mass is 424 g/mol. The molecule has 0 aliphatic carbocycles. The fourth-order valence-electron chi connectivity index (χ4n) is 4.26. The minimum Gasteiger partial charge on any atom is -0.355 e. The lowest BCUT2D eigenvalue weighted by Gasteiger charge is -2.36. The van der Waals surface area contributed by atoms with Gasteiger partial charge in [0, 0.05) is 62.5 Å². The number of anilines is 2. The second-order valence-electron chi connectivity index (χ2n) is 8.21. The fourth-order valence-corrected chi connectivity index (χ4v) is 5.34. The number of hydrogen-bond acceptors (Lipinski definition) is 5. The molecule has 2 aliphatic heterocycles. The van der Waals surface area contributed by atoms with Crippen LogP contribution in [0, 0.1) is 6.92 Å². The number of para-hydroxylation sites is 1. The number of nitrogens with one attached hydrogen (secondary N) is 1. The van der Waals surface area contributed by atoms with E-state index in [1.165, 1.54) is 26.7 Å². The highest BCUT2D eigenvalue weighted by molar-refractivity contribution is 7.99. The van der Waals surface area contributed by atoms with E-state index in [1.807, 2.05) is 11.8 Å². The third-order valence-corrected chi connectivity index (χ3v) is 7.03. The summed E-state index contributed by atoms with van der Waals surface area (Å²) in [5.74, 6) is 0.0584. The normalized spacial score (nSPS) is 16.8. The first kappa shape index (κ1) is 21.2. The Labute approximate surface area is 184 Å². The zero-order chi connectivity index (χ0) is 20.9. The lowest BCUT2D eigenvalue weighted by Crippen LogP contribution is -2.48. The van der Waals surface area contributed by atoms with E-state index in [0.717, 1.165) is 58.8 Å². The number of benzene rings is 2. The van der Waals surface area contributed by atoms with Crippen molar-refractivity contribution < 1.29 is 4.79 Å². The minimum absolute atomic E-state index is 0.0584. The van der Waals surface area contributed by atoms with E-state index in [1.54, 1.807) is 6.92 Å². The molecule has 0 unspecified atom stereocenters. The van der Waals surface area contributed by atoms with Crippen LogP contribution in [0.3, 0.4) is 0 Å². The second-order valence-corrected chi connectivity index (χ2v) is 9.30. The summed E-state index contributed by atoms with van der Waals surface area (Å²) in [6.45, 7) is 12.0. The maximum Gasteiger partial charge on any atom is 0.216 e. The molecule has 1 amide bonds. The van der Waals surface area contributed by atoms with Crippen LogP contribution in [0.1, 0.15) is 18.9 Å². The van der Waals surface area contributed by atoms with Gasteiger partial charge in [-0.3, -0.25) is 9.69 Å². The lowest BCUT2D eigenvalue weighted by molar-refractivity contribution is -0.119. The smallest absolute Gasteiger partial charge is 0.216 e. The molecule has 0 aromatic heterocycles. The zero-order valence-corrected chi connectivity index (χ0v) is 18.9. The number of hydrogen-bond donors (Lipinski definition) is 1. The summed E-state index contributed by atoms with van der Waals surface area (Å²) in [7, 11) is 0. The van der Waals surface area contributed by atoms with Crippen LogP contribution in [0.25, 0.3) is 0 Å². The fraction of sp³-hybridized carbons (Fsp3) is 0.458. The number of amides is 1. The molecule has 1 N–H and O–H groups in total. The summed E-state index contributed by atoms with van der Waals surface area (Å²) in [4.78, 5) is 21.3. The number of aryl methyl sites for hydroxylation is 1. The highest BCUT2D eigenvalue weighted by Gasteiger charge is 2.23. The van der Waals surface area contributed by atoms with Crippen LogP contribution < -0.4 is 10.2 Å². The van der Waals surface area contributed by atoms with Crippen LogP contribution in [0.5, 0.6) is 0 Å². The second kappa shape index (κ2) is 9.86. The van der Waals surface area contributed by atoms with Crippen LogP contribution in [0.2, 0.25) is 0 Å². The van der Waals surface area contributed by atoms with E-state index in [4.69, 9.17) is 0 Å². The van der Waals surface area contributed by atoms with E-state index >= 15 is 0 Å². The van der Waals surface area contributed by atoms with E-state index < -0.39 is 0 Å². The molecule has 2 aliphatic rings. The number of fused-ring (bicyclic) bond motifs is 2. The lowest BCUT2D eigenvalue weighted by atomic mass is 10.1. The first-order valence-electron chi connectivity index (χ1n) is 10.9. The van der Waals surface area contributed by atoms with Gasteiger partial charge in [-0.1, -0.05) is 30.0 Å². The average Bonchev–Trinajstić information content (AvgIpc) is 2.74. The molecule has 30 heavy (non-hydrogen) atoms. The van der Waals surface area contributed by atoms with Crippen molar-refractivity contribution in [1.82, 2.24) is 15.1 Å². The molecule has 0 saturated carbocycles. The van der Waals surface area contributed by atoms with E-state index in [2.05, 4.69) is 69.4 Å². The quantitative estimate of drug-likeness (QED) is 0.733. The Kier molecular flexibility index (Phi) is 6.97. The van der Waals surface area contributed by atoms with Crippen molar-refractivity contribution in [3.05, 3.63) is 48.0 Å². The summed E-state index contributed by atoms with van der Waals surface area (Å²) in [6, 6.07) is 15.6. The van der Waals surface area contributed by atoms with Gasteiger partial charge in [-0.05, 0) is 49.7 Å². The number of nitrogens with zero attached hydrogens (tertiary/aromatic N) is 3. The molecule has 1 fully saturated rings. The molecular weight excluding hydrogens is 392 g/mol. The Morgan fingerprint density at radius 1 is 0.933 bits per heavy atom. The van der Waals surface area contributed by atoms with Crippen LogP contribution in [0.4, 0.5) is 11.4 Å². The zero-order valence-electron chi connectivity index (χ0n) is 18.1. The third kappa shape index (κ3) is 5.17. The number of carbonyl (C=O) groups is 1. The maximum absolute atomic E-state index is 11.0. The summed E-state index contributed by atoms with van der Waals surface area (Å²) < 4.78 is 0. The molecule has 0 spiro atoms. The standard InChI is InChI=1S/C24H32N4OS/c1-19-8-9-24-22(18-19)28(21-6-3-4-7-23(21)30-24)12-5-11-26-14-16-27(17-15-26)13-10-25-20(2)29/h3-4,6-9,18H,5,10-17H2,1-2H3,(H,25,29).